The van der Waals surface area contributed by atoms with Crippen molar-refractivity contribution in [3.05, 3.63) is 223 Å². The minimum absolute atomic E-state index is 0.143. The average molecular weight is 780 g/mol. The summed E-state index contributed by atoms with van der Waals surface area (Å²) in [6, 6.07) is 77.5. The Labute approximate surface area is 355 Å². The van der Waals surface area contributed by atoms with Crippen LogP contribution in [0.5, 0.6) is 0 Å². The molecule has 288 valence electrons. The van der Waals surface area contributed by atoms with E-state index in [0.29, 0.717) is 0 Å². The Balaban J connectivity index is 1.06. The Bertz CT molecular complexity index is 3510. The molecule has 10 aromatic carbocycles. The normalized spacial score (nSPS) is 12.9. The van der Waals surface area contributed by atoms with Gasteiger partial charge >= 0.3 is 0 Å². The van der Waals surface area contributed by atoms with Gasteiger partial charge in [-0.2, -0.15) is 0 Å². The van der Waals surface area contributed by atoms with Gasteiger partial charge in [0.2, 0.25) is 0 Å². The van der Waals surface area contributed by atoms with E-state index < -0.39 is 0 Å². The van der Waals surface area contributed by atoms with Crippen LogP contribution >= 0.6 is 0 Å². The zero-order valence-electron chi connectivity index (χ0n) is 34.1. The molecule has 0 aliphatic heterocycles. The van der Waals surface area contributed by atoms with E-state index in [4.69, 9.17) is 4.42 Å². The van der Waals surface area contributed by atoms with Crippen LogP contribution in [0.2, 0.25) is 0 Å². The van der Waals surface area contributed by atoms with E-state index in [0.717, 1.165) is 50.1 Å². The van der Waals surface area contributed by atoms with Crippen LogP contribution in [0.25, 0.3) is 88.0 Å². The first-order valence-electron chi connectivity index (χ1n) is 21.2. The lowest BCUT2D eigenvalue weighted by Gasteiger charge is -2.30. The van der Waals surface area contributed by atoms with Crippen molar-refractivity contribution in [1.82, 2.24) is 0 Å². The van der Waals surface area contributed by atoms with Crippen molar-refractivity contribution < 1.29 is 4.42 Å². The first kappa shape index (κ1) is 35.3. The topological polar surface area (TPSA) is 16.4 Å². The first-order valence-corrected chi connectivity index (χ1v) is 21.2. The fourth-order valence-electron chi connectivity index (χ4n) is 10.1. The molecule has 12 rings (SSSR count). The maximum absolute atomic E-state index is 6.61. The molecule has 1 aliphatic carbocycles. The van der Waals surface area contributed by atoms with E-state index in [1.807, 2.05) is 0 Å². The van der Waals surface area contributed by atoms with Crippen LogP contribution in [0, 0.1) is 0 Å². The molecule has 0 radical (unpaired) electrons. The molecule has 1 aromatic heterocycles. The lowest BCUT2D eigenvalue weighted by Crippen LogP contribution is -2.16. The standard InChI is InChI=1S/C59H41NO/c1-59(2)51-26-9-7-23-49(51)58-52(59)27-14-29-54(58)60(44-33-31-38(32-34-44)40-19-11-20-43(35-40)46-24-12-18-39-15-5-6-21-45(39)46)53-28-10-8-22-47(53)48-25-13-30-55-57(48)50-36-41-16-3-4-17-42(41)37-56(50)61-55/h3-37H,1-2H3. The van der Waals surface area contributed by atoms with Gasteiger partial charge in [0.1, 0.15) is 11.2 Å². The predicted molar refractivity (Wildman–Crippen MR) is 257 cm³/mol. The summed E-state index contributed by atoms with van der Waals surface area (Å²) in [6.07, 6.45) is 0. The molecule has 0 bridgehead atoms. The molecule has 0 amide bonds. The van der Waals surface area contributed by atoms with E-state index in [9.17, 15) is 0 Å². The Morgan fingerprint density at radius 1 is 0.377 bits per heavy atom. The molecule has 0 spiro atoms. The van der Waals surface area contributed by atoms with Gasteiger partial charge in [-0.1, -0.05) is 178 Å². The number of nitrogens with zero attached hydrogens (tertiary/aromatic N) is 1. The van der Waals surface area contributed by atoms with E-state index in [1.165, 1.54) is 66.1 Å². The quantitative estimate of drug-likeness (QED) is 0.167. The molecule has 61 heavy (non-hydrogen) atoms. The molecule has 1 aliphatic rings. The van der Waals surface area contributed by atoms with Gasteiger partial charge in [0, 0.05) is 33.0 Å². The van der Waals surface area contributed by atoms with E-state index in [1.54, 1.807) is 0 Å². The Morgan fingerprint density at radius 2 is 0.984 bits per heavy atom. The number of hydrogen-bond donors (Lipinski definition) is 0. The van der Waals surface area contributed by atoms with Crippen molar-refractivity contribution in [1.29, 1.82) is 0 Å². The zero-order valence-corrected chi connectivity index (χ0v) is 34.1. The van der Waals surface area contributed by atoms with Crippen LogP contribution in [0.15, 0.2) is 217 Å². The summed E-state index contributed by atoms with van der Waals surface area (Å²) in [6.45, 7) is 4.71. The van der Waals surface area contributed by atoms with Gasteiger partial charge < -0.3 is 9.32 Å². The molecule has 0 N–H and O–H groups in total. The molecular weight excluding hydrogens is 739 g/mol. The SMILES string of the molecule is CC1(C)c2ccccc2-c2c(N(c3ccc(-c4cccc(-c5cccc6ccccc56)c4)cc3)c3ccccc3-c3cccc4oc5cc6ccccc6cc5c34)cccc21. The summed E-state index contributed by atoms with van der Waals surface area (Å²) in [7, 11) is 0. The number of anilines is 3. The molecule has 2 nitrogen and oxygen atoms in total. The maximum Gasteiger partial charge on any atom is 0.136 e. The van der Waals surface area contributed by atoms with E-state index in [2.05, 4.69) is 231 Å². The third-order valence-corrected chi connectivity index (χ3v) is 13.0. The van der Waals surface area contributed by atoms with E-state index >= 15 is 0 Å². The number of fused-ring (bicyclic) bond motifs is 8. The van der Waals surface area contributed by atoms with Crippen molar-refractivity contribution in [2.24, 2.45) is 0 Å². The fourth-order valence-corrected chi connectivity index (χ4v) is 10.1. The molecule has 1 heterocycles. The summed E-state index contributed by atoms with van der Waals surface area (Å²) in [5.41, 5.74) is 17.3. The van der Waals surface area contributed by atoms with Gasteiger partial charge in [0.25, 0.3) is 0 Å². The van der Waals surface area contributed by atoms with Gasteiger partial charge in [0.15, 0.2) is 0 Å². The molecule has 11 aromatic rings. The molecule has 0 saturated carbocycles. The minimum Gasteiger partial charge on any atom is -0.456 e. The molecule has 0 atom stereocenters. The van der Waals surface area contributed by atoms with Crippen LogP contribution in [-0.2, 0) is 5.41 Å². The fraction of sp³-hybridized carbons (Fsp3) is 0.0508. The average Bonchev–Trinajstić information content (AvgIpc) is 3.80. The summed E-state index contributed by atoms with van der Waals surface area (Å²) in [5.74, 6) is 0. The van der Waals surface area contributed by atoms with Crippen LogP contribution < -0.4 is 4.90 Å². The van der Waals surface area contributed by atoms with Gasteiger partial charge in [-0.25, -0.2) is 0 Å². The largest absolute Gasteiger partial charge is 0.456 e. The highest BCUT2D eigenvalue weighted by Crippen LogP contribution is 2.55. The van der Waals surface area contributed by atoms with Crippen LogP contribution in [0.1, 0.15) is 25.0 Å². The summed E-state index contributed by atoms with van der Waals surface area (Å²) >= 11 is 0. The predicted octanol–water partition coefficient (Wildman–Crippen LogP) is 16.7. The first-order chi connectivity index (χ1) is 30.0. The monoisotopic (exact) mass is 779 g/mol. The summed E-state index contributed by atoms with van der Waals surface area (Å²) in [5, 5.41) is 7.14. The van der Waals surface area contributed by atoms with Crippen molar-refractivity contribution in [2.75, 3.05) is 4.90 Å². The molecule has 0 unspecified atom stereocenters. The Kier molecular flexibility index (Phi) is 7.92. The smallest absolute Gasteiger partial charge is 0.136 e. The minimum atomic E-state index is -0.143. The van der Waals surface area contributed by atoms with Crippen LogP contribution in [0.3, 0.4) is 0 Å². The number of furan rings is 1. The number of benzene rings is 10. The zero-order chi connectivity index (χ0) is 40.7. The molecule has 2 heteroatoms. The Hall–Kier alpha value is -7.68. The maximum atomic E-state index is 6.61. The van der Waals surface area contributed by atoms with Gasteiger partial charge in [-0.3, -0.25) is 0 Å². The lowest BCUT2D eigenvalue weighted by atomic mass is 9.82. The highest BCUT2D eigenvalue weighted by molar-refractivity contribution is 6.17. The number of hydrogen-bond acceptors (Lipinski definition) is 2. The highest BCUT2D eigenvalue weighted by atomic mass is 16.3. The summed E-state index contributed by atoms with van der Waals surface area (Å²) < 4.78 is 6.61. The van der Waals surface area contributed by atoms with E-state index in [-0.39, 0.29) is 5.41 Å². The van der Waals surface area contributed by atoms with Gasteiger partial charge in [-0.15, -0.1) is 0 Å². The highest BCUT2D eigenvalue weighted by Gasteiger charge is 2.38. The molecule has 0 fully saturated rings. The van der Waals surface area contributed by atoms with Crippen LogP contribution in [-0.4, -0.2) is 0 Å². The molecule has 0 saturated heterocycles. The third-order valence-electron chi connectivity index (χ3n) is 13.0. The van der Waals surface area contributed by atoms with Gasteiger partial charge in [-0.05, 0) is 115 Å². The van der Waals surface area contributed by atoms with Crippen molar-refractivity contribution in [3.63, 3.8) is 0 Å². The summed E-state index contributed by atoms with van der Waals surface area (Å²) in [4.78, 5) is 2.49. The van der Waals surface area contributed by atoms with Gasteiger partial charge in [0.05, 0.1) is 11.4 Å². The molecular formula is C59H41NO. The van der Waals surface area contributed by atoms with Crippen LogP contribution in [0.4, 0.5) is 17.1 Å². The van der Waals surface area contributed by atoms with Crippen molar-refractivity contribution >= 4 is 60.5 Å². The second-order valence-corrected chi connectivity index (χ2v) is 16.9. The number of rotatable bonds is 6. The third kappa shape index (κ3) is 5.56. The lowest BCUT2D eigenvalue weighted by molar-refractivity contribution is 0.660. The second kappa shape index (κ2) is 13.7. The number of para-hydroxylation sites is 1. The second-order valence-electron chi connectivity index (χ2n) is 16.9. The van der Waals surface area contributed by atoms with Crippen molar-refractivity contribution in [3.8, 4) is 44.5 Å². The Morgan fingerprint density at radius 3 is 1.85 bits per heavy atom. The van der Waals surface area contributed by atoms with Crippen molar-refractivity contribution in [2.45, 2.75) is 19.3 Å².